The number of halogens is 2. The summed E-state index contributed by atoms with van der Waals surface area (Å²) in [6.07, 6.45) is 53.3. The summed E-state index contributed by atoms with van der Waals surface area (Å²) in [5, 5.41) is 2.76. The molecule has 0 bridgehead atoms. The summed E-state index contributed by atoms with van der Waals surface area (Å²) in [5.41, 5.74) is 12.3. The summed E-state index contributed by atoms with van der Waals surface area (Å²) in [6.45, 7) is 78.8. The Balaban J connectivity index is 0.00000151. The van der Waals surface area contributed by atoms with E-state index in [4.69, 9.17) is 0 Å². The van der Waals surface area contributed by atoms with Gasteiger partial charge < -0.3 is 0 Å². The quantitative estimate of drug-likeness (QED) is 0.0535. The summed E-state index contributed by atoms with van der Waals surface area (Å²) in [4.78, 5) is 0. The molecule has 0 spiro atoms. The van der Waals surface area contributed by atoms with E-state index in [1.165, 1.54) is 298 Å². The average molecular weight is 1960 g/mol. The van der Waals surface area contributed by atoms with Gasteiger partial charge in [-0.15, -0.1) is 0 Å². The van der Waals surface area contributed by atoms with E-state index in [-0.39, 0.29) is 11.6 Å². The van der Waals surface area contributed by atoms with Crippen molar-refractivity contribution in [2.75, 3.05) is 0 Å². The number of hydrogen-bond donors (Lipinski definition) is 0. The van der Waals surface area contributed by atoms with Crippen molar-refractivity contribution in [3.05, 3.63) is 262 Å². The predicted molar refractivity (Wildman–Crippen MR) is 641 cm³/mol. The summed E-state index contributed by atoms with van der Waals surface area (Å²) >= 11 is 0. The van der Waals surface area contributed by atoms with E-state index in [0.29, 0.717) is 23.7 Å². The van der Waals surface area contributed by atoms with E-state index in [9.17, 15) is 8.78 Å². The van der Waals surface area contributed by atoms with Gasteiger partial charge in [-0.05, 0) is 281 Å². The van der Waals surface area contributed by atoms with Crippen LogP contribution in [-0.4, -0.2) is 0 Å². The molecule has 8 aromatic carbocycles. The van der Waals surface area contributed by atoms with Crippen molar-refractivity contribution in [3.8, 4) is 0 Å². The van der Waals surface area contributed by atoms with Crippen LogP contribution in [0.1, 0.15) is 496 Å². The van der Waals surface area contributed by atoms with Gasteiger partial charge in [-0.1, -0.05) is 590 Å². The highest BCUT2D eigenvalue weighted by molar-refractivity contribution is 5.85. The van der Waals surface area contributed by atoms with Gasteiger partial charge in [0.2, 0.25) is 0 Å². The molecule has 6 aliphatic rings. The molecule has 14 rings (SSSR count). The fourth-order valence-corrected chi connectivity index (χ4v) is 20.1. The van der Waals surface area contributed by atoms with Gasteiger partial charge in [-0.25, -0.2) is 8.78 Å². The molecule has 0 aliphatic heterocycles. The molecule has 0 radical (unpaired) electrons. The Kier molecular flexibility index (Phi) is 81.1. The van der Waals surface area contributed by atoms with Crippen LogP contribution in [0.5, 0.6) is 0 Å². The molecule has 0 N–H and O–H groups in total. The Morgan fingerprint density at radius 1 is 0.246 bits per heavy atom. The van der Waals surface area contributed by atoms with Crippen molar-refractivity contribution < 1.29 is 8.78 Å². The highest BCUT2D eigenvalue weighted by atomic mass is 19.1. The zero-order chi connectivity index (χ0) is 107. The second-order valence-corrected chi connectivity index (χ2v) is 50.4. The Labute approximate surface area is 885 Å². The second kappa shape index (κ2) is 84.8. The van der Waals surface area contributed by atoms with Crippen LogP contribution in [0.25, 0.3) is 10.8 Å². The highest BCUT2D eigenvalue weighted by Crippen LogP contribution is 2.36. The minimum absolute atomic E-state index is 0.136. The monoisotopic (exact) mass is 1950 g/mol. The smallest absolute Gasteiger partial charge is 0.123 e. The number of fused-ring (bicyclic) bond motifs is 1. The topological polar surface area (TPSA) is 0 Å². The van der Waals surface area contributed by atoms with Crippen LogP contribution in [0.15, 0.2) is 200 Å². The zero-order valence-electron chi connectivity index (χ0n) is 100. The van der Waals surface area contributed by atoms with Crippen LogP contribution < -0.4 is 0 Å². The molecule has 0 atom stereocenters. The molecule has 808 valence electrons. The number of rotatable bonds is 25. The van der Waals surface area contributed by atoms with Crippen molar-refractivity contribution in [2.45, 2.75) is 492 Å². The zero-order valence-corrected chi connectivity index (χ0v) is 100. The second-order valence-electron chi connectivity index (χ2n) is 50.4. The molecule has 0 saturated heterocycles. The molecule has 0 heterocycles. The van der Waals surface area contributed by atoms with Gasteiger partial charge in [0.15, 0.2) is 0 Å². The van der Waals surface area contributed by atoms with Crippen LogP contribution in [0.3, 0.4) is 0 Å². The molecule has 0 unspecified atom stereocenters. The normalized spacial score (nSPS) is 14.9. The van der Waals surface area contributed by atoms with Gasteiger partial charge in [0.05, 0.1) is 0 Å². The lowest BCUT2D eigenvalue weighted by atomic mass is 9.80. The van der Waals surface area contributed by atoms with Gasteiger partial charge in [0.1, 0.15) is 11.6 Å². The first kappa shape index (κ1) is 136. The third kappa shape index (κ3) is 79.1. The van der Waals surface area contributed by atoms with Crippen LogP contribution in [0.2, 0.25) is 0 Å². The Morgan fingerprint density at radius 3 is 0.930 bits per heavy atom. The van der Waals surface area contributed by atoms with Gasteiger partial charge in [0, 0.05) is 0 Å². The summed E-state index contributed by atoms with van der Waals surface area (Å²) in [5.74, 6) is 19.1. The third-order valence-corrected chi connectivity index (χ3v) is 27.8. The maximum absolute atomic E-state index is 12.6. The standard InChI is InChI=1S/C14H16.C11H16.C11H22.2C10H13F.C10H14.C10H20.C10H14.2C9H18.C9H12.2C8H16.C7H16.C4H10/c1-11(2)10-13-8-5-7-12-6-3-4-9-14(12)13;1-9(2)8-11-7-5-4-6-10(11)3;1-10(2)8-9-11-6-4-3-5-7-11;1-8(2)7-9-3-5-10(11)6-4-9;1-8(2)6-9-4-3-5-10(11)7-9;1-8(2)10-6-4-9(3)5-7-10;2*1-9(2)8-10-6-4-3-5-7-10;1-8(2)7-9-5-3-4-6-9;2*1-8(2)9-6-4-3-5-7-9;1-7(2)6-8-4-3-5-8;1-7(2)8-5-3-4-6-8;1-6(2)5-7(3)4;1-4(2)3/h3-9,11H,10H2,1-2H3;4-7,9H,8H2,1-3H3;10-11H,3-9H2,1-2H3;3-6,8H,7H2,1-2H3;3-5,7-8H,6H2,1-2H3;4-8H,1-3H3;9-10H,3-8H2,1-2H3;3-7,9H,8H2,1-2H3;2*8-9H,3-7H2,1-2H3;3-8H,1-2H3;2*7-8H,3-6H2,1-2H3;6-7H,5H2,1-4H3;4H,1-3H3. The predicted octanol–water partition coefficient (Wildman–Crippen LogP) is 46.2. The fourth-order valence-electron chi connectivity index (χ4n) is 20.1. The van der Waals surface area contributed by atoms with Gasteiger partial charge in [-0.3, -0.25) is 0 Å². The molecule has 142 heavy (non-hydrogen) atoms. The van der Waals surface area contributed by atoms with E-state index in [2.05, 4.69) is 388 Å². The van der Waals surface area contributed by atoms with E-state index in [1.807, 2.05) is 24.3 Å². The van der Waals surface area contributed by atoms with Crippen molar-refractivity contribution in [1.82, 2.24) is 0 Å². The first-order valence-electron chi connectivity index (χ1n) is 59.4. The fraction of sp³-hybridized carbons (Fsp3) is 0.671. The molecule has 0 nitrogen and oxygen atoms in total. The molecule has 0 amide bonds. The maximum atomic E-state index is 12.6. The van der Waals surface area contributed by atoms with Gasteiger partial charge >= 0.3 is 0 Å². The Hall–Kier alpha value is -6.12. The minimum atomic E-state index is -0.155. The molecule has 6 aliphatic carbocycles. The molecule has 8 aromatic rings. The van der Waals surface area contributed by atoms with E-state index >= 15 is 0 Å². The van der Waals surface area contributed by atoms with Crippen LogP contribution in [0, 0.1) is 144 Å². The largest absolute Gasteiger partial charge is 0.207 e. The number of aryl methyl sites for hydroxylation is 2. The SMILES string of the molecule is CC(C)C.CC(C)C1CCCC1.CC(C)C1CCCCC1.CC(C)CC(C)C.CC(C)CC1CCC1.CC(C)CC1CCCC1.CC(C)CC1CCCCC1.CC(C)CCC1CCCCC1.CC(C)Cc1ccc(F)cc1.CC(C)Cc1cccc(F)c1.CC(C)Cc1cccc2ccccc12.CC(C)Cc1ccccc1.CC(C)c1ccccc1.Cc1ccc(C(C)C)cc1.Cc1ccccc1CC(C)C. The molecular formula is C140H234F2. The Morgan fingerprint density at radius 2 is 0.570 bits per heavy atom. The number of benzene rings is 8. The minimum Gasteiger partial charge on any atom is -0.207 e. The molecule has 2 heteroatoms. The van der Waals surface area contributed by atoms with Crippen LogP contribution in [0.4, 0.5) is 8.78 Å². The lowest BCUT2D eigenvalue weighted by Crippen LogP contribution is -2.12. The van der Waals surface area contributed by atoms with Crippen LogP contribution in [-0.2, 0) is 32.1 Å². The van der Waals surface area contributed by atoms with Crippen molar-refractivity contribution >= 4 is 10.8 Å². The maximum Gasteiger partial charge on any atom is 0.123 e. The highest BCUT2D eigenvalue weighted by Gasteiger charge is 2.21. The van der Waals surface area contributed by atoms with Crippen LogP contribution >= 0.6 is 0 Å². The molecule has 0 aromatic heterocycles. The third-order valence-electron chi connectivity index (χ3n) is 27.8. The first-order valence-corrected chi connectivity index (χ1v) is 59.4. The summed E-state index contributed by atoms with van der Waals surface area (Å²) in [6, 6.07) is 67.1. The van der Waals surface area contributed by atoms with Crippen molar-refractivity contribution in [2.24, 2.45) is 118 Å². The van der Waals surface area contributed by atoms with E-state index < -0.39 is 0 Å². The van der Waals surface area contributed by atoms with E-state index in [1.54, 1.807) is 12.1 Å². The van der Waals surface area contributed by atoms with Crippen molar-refractivity contribution in [3.63, 3.8) is 0 Å². The van der Waals surface area contributed by atoms with Gasteiger partial charge in [-0.2, -0.15) is 0 Å². The number of hydrogen-bond acceptors (Lipinski definition) is 0. The lowest BCUT2D eigenvalue weighted by molar-refractivity contribution is 0.264. The molecule has 6 saturated carbocycles. The first-order chi connectivity index (χ1) is 67.2. The van der Waals surface area contributed by atoms with Gasteiger partial charge in [0.25, 0.3) is 0 Å². The van der Waals surface area contributed by atoms with E-state index in [0.717, 1.165) is 125 Å². The molecular weight excluding hydrogens is 1720 g/mol. The Bertz CT molecular complexity index is 4030. The summed E-state index contributed by atoms with van der Waals surface area (Å²) in [7, 11) is 0. The van der Waals surface area contributed by atoms with Crippen molar-refractivity contribution in [1.29, 1.82) is 0 Å². The summed E-state index contributed by atoms with van der Waals surface area (Å²) < 4.78 is 25.0. The lowest BCUT2D eigenvalue weighted by Gasteiger charge is -2.26. The molecule has 6 fully saturated rings. The average Bonchev–Trinajstić information content (AvgIpc) is 0.866.